The van der Waals surface area contributed by atoms with E-state index >= 15 is 0 Å². The predicted octanol–water partition coefficient (Wildman–Crippen LogP) is 7.25. The van der Waals surface area contributed by atoms with E-state index in [1.165, 1.54) is 22.3 Å². The van der Waals surface area contributed by atoms with Crippen molar-refractivity contribution in [3.05, 3.63) is 83.9 Å². The van der Waals surface area contributed by atoms with Gasteiger partial charge in [-0.1, -0.05) is 114 Å². The fraction of sp³-hybridized carbons (Fsp3) is 0.333. The molecule has 0 heteroatoms. The highest BCUT2D eigenvalue weighted by Gasteiger charge is 2.18. The van der Waals surface area contributed by atoms with Crippen molar-refractivity contribution >= 4 is 11.1 Å². The summed E-state index contributed by atoms with van der Waals surface area (Å²) in [6.45, 7) is 13.6. The van der Waals surface area contributed by atoms with E-state index in [-0.39, 0.29) is 10.8 Å². The summed E-state index contributed by atoms with van der Waals surface area (Å²) < 4.78 is 0. The van der Waals surface area contributed by atoms with Crippen molar-refractivity contribution in [1.82, 2.24) is 0 Å². The van der Waals surface area contributed by atoms with Crippen molar-refractivity contribution in [1.29, 1.82) is 0 Å². The molecule has 0 aliphatic heterocycles. The van der Waals surface area contributed by atoms with Gasteiger partial charge in [0.15, 0.2) is 0 Å². The van der Waals surface area contributed by atoms with Crippen molar-refractivity contribution in [2.24, 2.45) is 10.8 Å². The van der Waals surface area contributed by atoms with Crippen LogP contribution in [0.5, 0.6) is 0 Å². The molecule has 24 heavy (non-hydrogen) atoms. The maximum Gasteiger partial charge on any atom is -0.0143 e. The van der Waals surface area contributed by atoms with E-state index in [4.69, 9.17) is 0 Å². The summed E-state index contributed by atoms with van der Waals surface area (Å²) in [6, 6.07) is 21.4. The van der Waals surface area contributed by atoms with Crippen molar-refractivity contribution in [3.63, 3.8) is 0 Å². The monoisotopic (exact) mass is 318 g/mol. The number of hydrogen-bond acceptors (Lipinski definition) is 0. The first-order chi connectivity index (χ1) is 11.2. The molecule has 0 aliphatic carbocycles. The summed E-state index contributed by atoms with van der Waals surface area (Å²) in [5.74, 6) is 0. The Morgan fingerprint density at radius 3 is 1.08 bits per heavy atom. The second kappa shape index (κ2) is 7.21. The van der Waals surface area contributed by atoms with Crippen LogP contribution in [0.1, 0.15) is 52.7 Å². The van der Waals surface area contributed by atoms with Crippen LogP contribution in [0.25, 0.3) is 11.1 Å². The van der Waals surface area contributed by atoms with Crippen molar-refractivity contribution in [3.8, 4) is 0 Å². The van der Waals surface area contributed by atoms with Crippen LogP contribution in [0.3, 0.4) is 0 Å². The molecule has 2 aromatic carbocycles. The molecule has 0 aliphatic rings. The van der Waals surface area contributed by atoms with E-state index in [2.05, 4.69) is 114 Å². The fourth-order valence-corrected chi connectivity index (χ4v) is 2.73. The lowest BCUT2D eigenvalue weighted by atomic mass is 9.82. The molecule has 0 atom stereocenters. The smallest absolute Gasteiger partial charge is 0.0143 e. The largest absolute Gasteiger partial charge is 0.0706 e. The molecular formula is C24H30. The predicted molar refractivity (Wildman–Crippen MR) is 108 cm³/mol. The van der Waals surface area contributed by atoms with Gasteiger partial charge >= 0.3 is 0 Å². The SMILES string of the molecule is CC(C)(C)/C=C(\C(=C\C(C)(C)C)c1ccccc1)c1ccccc1. The number of benzene rings is 2. The van der Waals surface area contributed by atoms with Gasteiger partial charge in [-0.25, -0.2) is 0 Å². The summed E-state index contributed by atoms with van der Waals surface area (Å²) in [7, 11) is 0. The first kappa shape index (κ1) is 18.3. The van der Waals surface area contributed by atoms with Crippen molar-refractivity contribution < 1.29 is 0 Å². The molecule has 0 bridgehead atoms. The van der Waals surface area contributed by atoms with Gasteiger partial charge in [0.1, 0.15) is 0 Å². The zero-order valence-electron chi connectivity index (χ0n) is 15.9. The highest BCUT2D eigenvalue weighted by atomic mass is 14.2. The molecule has 0 radical (unpaired) electrons. The van der Waals surface area contributed by atoms with E-state index in [1.54, 1.807) is 0 Å². The van der Waals surface area contributed by atoms with Gasteiger partial charge in [-0.05, 0) is 33.1 Å². The normalized spacial score (nSPS) is 13.9. The van der Waals surface area contributed by atoms with Gasteiger partial charge in [-0.15, -0.1) is 0 Å². The minimum absolute atomic E-state index is 0.108. The highest BCUT2D eigenvalue weighted by molar-refractivity contribution is 6.05. The lowest BCUT2D eigenvalue weighted by molar-refractivity contribution is 0.542. The Morgan fingerprint density at radius 1 is 0.542 bits per heavy atom. The maximum atomic E-state index is 2.40. The Labute approximate surface area is 147 Å². The molecule has 2 aromatic rings. The standard InChI is InChI=1S/C24H30/c1-23(2,3)17-21(19-13-9-7-10-14-19)22(18-24(4,5)6)20-15-11-8-12-16-20/h7-18H,1-6H3/b21-17-,22-18+. The molecule has 0 fully saturated rings. The molecule has 0 N–H and O–H groups in total. The molecule has 0 spiro atoms. The summed E-state index contributed by atoms with van der Waals surface area (Å²) in [5, 5.41) is 0. The Bertz CT molecular complexity index is 637. The third-order valence-electron chi connectivity index (χ3n) is 3.61. The topological polar surface area (TPSA) is 0 Å². The maximum absolute atomic E-state index is 2.40. The molecule has 0 saturated heterocycles. The van der Waals surface area contributed by atoms with Crippen molar-refractivity contribution in [2.45, 2.75) is 41.5 Å². The summed E-state index contributed by atoms with van der Waals surface area (Å²) in [6.07, 6.45) is 4.79. The van der Waals surface area contributed by atoms with Crippen LogP contribution in [0.2, 0.25) is 0 Å². The number of rotatable bonds is 3. The van der Waals surface area contributed by atoms with Gasteiger partial charge in [0, 0.05) is 0 Å². The summed E-state index contributed by atoms with van der Waals surface area (Å²) >= 11 is 0. The van der Waals surface area contributed by atoms with Gasteiger partial charge in [0.05, 0.1) is 0 Å². The van der Waals surface area contributed by atoms with Crippen molar-refractivity contribution in [2.75, 3.05) is 0 Å². The van der Waals surface area contributed by atoms with E-state index in [0.717, 1.165) is 0 Å². The summed E-state index contributed by atoms with van der Waals surface area (Å²) in [5.41, 5.74) is 5.38. The first-order valence-corrected chi connectivity index (χ1v) is 8.73. The van der Waals surface area contributed by atoms with Gasteiger partial charge in [0.25, 0.3) is 0 Å². The zero-order valence-corrected chi connectivity index (χ0v) is 15.9. The minimum Gasteiger partial charge on any atom is -0.0706 e. The van der Waals surface area contributed by atoms with E-state index < -0.39 is 0 Å². The van der Waals surface area contributed by atoms with Crippen LogP contribution < -0.4 is 0 Å². The lowest BCUT2D eigenvalue weighted by Gasteiger charge is -2.23. The van der Waals surface area contributed by atoms with E-state index in [9.17, 15) is 0 Å². The first-order valence-electron chi connectivity index (χ1n) is 8.73. The molecule has 0 amide bonds. The molecule has 0 aromatic heterocycles. The molecule has 0 heterocycles. The Kier molecular flexibility index (Phi) is 5.49. The molecule has 126 valence electrons. The number of hydrogen-bond donors (Lipinski definition) is 0. The quantitative estimate of drug-likeness (QED) is 0.523. The Hall–Kier alpha value is -2.08. The highest BCUT2D eigenvalue weighted by Crippen LogP contribution is 2.37. The minimum atomic E-state index is 0.108. The van der Waals surface area contributed by atoms with Gasteiger partial charge in [-0.2, -0.15) is 0 Å². The molecule has 2 rings (SSSR count). The average Bonchev–Trinajstić information content (AvgIpc) is 2.50. The lowest BCUT2D eigenvalue weighted by Crippen LogP contribution is -2.06. The molecular weight excluding hydrogens is 288 g/mol. The molecule has 0 unspecified atom stereocenters. The molecule has 0 saturated carbocycles. The van der Waals surface area contributed by atoms with Crippen LogP contribution in [0, 0.1) is 10.8 Å². The Morgan fingerprint density at radius 2 is 0.833 bits per heavy atom. The van der Waals surface area contributed by atoms with E-state index in [0.29, 0.717) is 0 Å². The average molecular weight is 319 g/mol. The summed E-state index contributed by atoms with van der Waals surface area (Å²) in [4.78, 5) is 0. The Balaban J connectivity index is 2.71. The third-order valence-corrected chi connectivity index (χ3v) is 3.61. The second-order valence-corrected chi connectivity index (χ2v) is 8.58. The zero-order chi connectivity index (χ0) is 17.8. The second-order valence-electron chi connectivity index (χ2n) is 8.58. The van der Waals surface area contributed by atoms with E-state index in [1.807, 2.05) is 0 Å². The molecule has 0 nitrogen and oxygen atoms in total. The number of allylic oxidation sites excluding steroid dienone is 4. The van der Waals surface area contributed by atoms with Crippen LogP contribution >= 0.6 is 0 Å². The van der Waals surface area contributed by atoms with Crippen LogP contribution in [-0.4, -0.2) is 0 Å². The van der Waals surface area contributed by atoms with Crippen LogP contribution in [0.4, 0.5) is 0 Å². The van der Waals surface area contributed by atoms with Crippen LogP contribution in [0.15, 0.2) is 72.8 Å². The van der Waals surface area contributed by atoms with Gasteiger partial charge in [0.2, 0.25) is 0 Å². The van der Waals surface area contributed by atoms with Crippen LogP contribution in [-0.2, 0) is 0 Å². The third kappa shape index (κ3) is 5.53. The fourth-order valence-electron chi connectivity index (χ4n) is 2.73. The van der Waals surface area contributed by atoms with Gasteiger partial charge < -0.3 is 0 Å². The van der Waals surface area contributed by atoms with Gasteiger partial charge in [-0.3, -0.25) is 0 Å².